The number of anilines is 1. The number of fused-ring (bicyclic) bond motifs is 1. The van der Waals surface area contributed by atoms with Crippen LogP contribution >= 0.6 is 34.3 Å². The molecule has 0 aliphatic carbocycles. The first-order valence-electron chi connectivity index (χ1n) is 8.82. The Morgan fingerprint density at radius 3 is 2.57 bits per heavy atom. The van der Waals surface area contributed by atoms with Crippen LogP contribution in [0.1, 0.15) is 21.7 Å². The van der Waals surface area contributed by atoms with Gasteiger partial charge in [-0.25, -0.2) is 4.98 Å². The Morgan fingerprint density at radius 2 is 1.89 bits per heavy atom. The molecule has 3 aromatic heterocycles. The van der Waals surface area contributed by atoms with Crippen molar-refractivity contribution in [2.75, 3.05) is 4.90 Å². The average Bonchev–Trinajstić information content (AvgIpc) is 3.31. The number of amides is 1. The van der Waals surface area contributed by atoms with Crippen LogP contribution in [-0.2, 0) is 17.8 Å². The SMILES string of the molecule is Cc1ccc(C)c2sc(N(Cc3ccccn3)C(=O)Cc3ccc(Cl)s3)nc12. The molecule has 4 nitrogen and oxygen atoms in total. The third kappa shape index (κ3) is 3.94. The molecule has 0 fully saturated rings. The molecule has 7 heteroatoms. The molecule has 3 heterocycles. The van der Waals surface area contributed by atoms with Crippen LogP contribution in [0.5, 0.6) is 0 Å². The number of hydrogen-bond acceptors (Lipinski definition) is 5. The van der Waals surface area contributed by atoms with Crippen molar-refractivity contribution in [3.63, 3.8) is 0 Å². The minimum Gasteiger partial charge on any atom is -0.282 e. The zero-order valence-electron chi connectivity index (χ0n) is 15.5. The maximum atomic E-state index is 13.2. The van der Waals surface area contributed by atoms with Crippen LogP contribution in [0.15, 0.2) is 48.7 Å². The summed E-state index contributed by atoms with van der Waals surface area (Å²) in [5, 5.41) is 0.700. The Hall–Kier alpha value is -2.28. The van der Waals surface area contributed by atoms with E-state index in [1.165, 1.54) is 16.9 Å². The van der Waals surface area contributed by atoms with Crippen molar-refractivity contribution in [2.24, 2.45) is 0 Å². The topological polar surface area (TPSA) is 46.1 Å². The molecule has 28 heavy (non-hydrogen) atoms. The third-order valence-electron chi connectivity index (χ3n) is 4.46. The standard InChI is InChI=1S/C21H18ClN3OS2/c1-13-6-7-14(2)20-19(13)24-21(28-20)25(12-15-5-3-4-10-23-15)18(26)11-16-8-9-17(22)27-16/h3-10H,11-12H2,1-2H3. The number of benzene rings is 1. The fraction of sp³-hybridized carbons (Fsp3) is 0.190. The Morgan fingerprint density at radius 1 is 1.07 bits per heavy atom. The summed E-state index contributed by atoms with van der Waals surface area (Å²) in [6, 6.07) is 13.6. The molecule has 0 unspecified atom stereocenters. The van der Waals surface area contributed by atoms with Gasteiger partial charge in [0.2, 0.25) is 5.91 Å². The number of aromatic nitrogens is 2. The first-order valence-corrected chi connectivity index (χ1v) is 10.8. The van der Waals surface area contributed by atoms with Crippen LogP contribution in [0.25, 0.3) is 10.2 Å². The molecular formula is C21H18ClN3OS2. The molecule has 4 rings (SSSR count). The largest absolute Gasteiger partial charge is 0.282 e. The summed E-state index contributed by atoms with van der Waals surface area (Å²) >= 11 is 9.02. The molecule has 4 aromatic rings. The number of carbonyl (C=O) groups is 1. The van der Waals surface area contributed by atoms with Gasteiger partial charge >= 0.3 is 0 Å². The van der Waals surface area contributed by atoms with Gasteiger partial charge in [-0.2, -0.15) is 0 Å². The fourth-order valence-electron chi connectivity index (χ4n) is 2.97. The van der Waals surface area contributed by atoms with E-state index in [-0.39, 0.29) is 12.3 Å². The molecule has 0 spiro atoms. The number of pyridine rings is 1. The maximum Gasteiger partial charge on any atom is 0.234 e. The minimum absolute atomic E-state index is 0.0152. The van der Waals surface area contributed by atoms with Crippen LogP contribution in [0, 0.1) is 13.8 Å². The lowest BCUT2D eigenvalue weighted by Gasteiger charge is -2.19. The Bertz CT molecular complexity index is 1100. The van der Waals surface area contributed by atoms with E-state index in [0.29, 0.717) is 16.0 Å². The number of aryl methyl sites for hydroxylation is 2. The quantitative estimate of drug-likeness (QED) is 0.404. The summed E-state index contributed by atoms with van der Waals surface area (Å²) in [4.78, 5) is 25.1. The van der Waals surface area contributed by atoms with E-state index in [1.807, 2.05) is 37.3 Å². The van der Waals surface area contributed by atoms with Gasteiger partial charge in [0.15, 0.2) is 5.13 Å². The van der Waals surface area contributed by atoms with E-state index in [4.69, 9.17) is 16.6 Å². The van der Waals surface area contributed by atoms with Crippen LogP contribution in [0.4, 0.5) is 5.13 Å². The summed E-state index contributed by atoms with van der Waals surface area (Å²) in [5.74, 6) is -0.0152. The van der Waals surface area contributed by atoms with Crippen LogP contribution in [-0.4, -0.2) is 15.9 Å². The number of hydrogen-bond donors (Lipinski definition) is 0. The molecule has 0 aliphatic rings. The molecule has 0 N–H and O–H groups in total. The second-order valence-corrected chi connectivity index (χ2v) is 9.33. The highest BCUT2D eigenvalue weighted by molar-refractivity contribution is 7.22. The van der Waals surface area contributed by atoms with Gasteiger partial charge in [-0.3, -0.25) is 14.7 Å². The zero-order chi connectivity index (χ0) is 19.7. The molecule has 0 aliphatic heterocycles. The maximum absolute atomic E-state index is 13.2. The lowest BCUT2D eigenvalue weighted by molar-refractivity contribution is -0.118. The highest BCUT2D eigenvalue weighted by atomic mass is 35.5. The highest BCUT2D eigenvalue weighted by Crippen LogP contribution is 2.34. The number of nitrogens with zero attached hydrogens (tertiary/aromatic N) is 3. The van der Waals surface area contributed by atoms with Crippen molar-refractivity contribution in [2.45, 2.75) is 26.8 Å². The van der Waals surface area contributed by atoms with Crippen LogP contribution in [0.2, 0.25) is 4.34 Å². The molecule has 0 radical (unpaired) electrons. The van der Waals surface area contributed by atoms with Crippen molar-refractivity contribution in [1.82, 2.24) is 9.97 Å². The number of halogens is 1. The predicted molar refractivity (Wildman–Crippen MR) is 118 cm³/mol. The van der Waals surface area contributed by atoms with E-state index < -0.39 is 0 Å². The molecule has 142 valence electrons. The van der Waals surface area contributed by atoms with Gasteiger partial charge < -0.3 is 0 Å². The lowest BCUT2D eigenvalue weighted by atomic mass is 10.1. The lowest BCUT2D eigenvalue weighted by Crippen LogP contribution is -2.31. The summed E-state index contributed by atoms with van der Waals surface area (Å²) in [5.41, 5.74) is 4.06. The monoisotopic (exact) mass is 427 g/mol. The number of thiazole rings is 1. The van der Waals surface area contributed by atoms with Crippen LogP contribution < -0.4 is 4.90 Å². The molecule has 0 bridgehead atoms. The molecule has 1 aromatic carbocycles. The van der Waals surface area contributed by atoms with Gasteiger partial charge in [0.05, 0.1) is 33.2 Å². The molecule has 0 saturated carbocycles. The normalized spacial score (nSPS) is 11.1. The van der Waals surface area contributed by atoms with E-state index in [1.54, 1.807) is 22.4 Å². The van der Waals surface area contributed by atoms with Gasteiger partial charge in [0, 0.05) is 11.1 Å². The van der Waals surface area contributed by atoms with Crippen molar-refractivity contribution in [3.05, 3.63) is 74.7 Å². The Labute approximate surface area is 176 Å². The van der Waals surface area contributed by atoms with Crippen molar-refractivity contribution < 1.29 is 4.79 Å². The zero-order valence-corrected chi connectivity index (χ0v) is 17.9. The van der Waals surface area contributed by atoms with Gasteiger partial charge in [-0.05, 0) is 49.2 Å². The Kier molecular flexibility index (Phi) is 5.44. The summed E-state index contributed by atoms with van der Waals surface area (Å²) in [6.07, 6.45) is 2.03. The average molecular weight is 428 g/mol. The second-order valence-electron chi connectivity index (χ2n) is 6.56. The van der Waals surface area contributed by atoms with Gasteiger partial charge in [-0.1, -0.05) is 41.1 Å². The van der Waals surface area contributed by atoms with E-state index in [0.717, 1.165) is 26.4 Å². The first-order chi connectivity index (χ1) is 13.5. The van der Waals surface area contributed by atoms with Gasteiger partial charge in [0.25, 0.3) is 0 Å². The van der Waals surface area contributed by atoms with Crippen molar-refractivity contribution in [1.29, 1.82) is 0 Å². The number of carbonyl (C=O) groups excluding carboxylic acids is 1. The van der Waals surface area contributed by atoms with Gasteiger partial charge in [0.1, 0.15) is 0 Å². The first kappa shape index (κ1) is 19.1. The third-order valence-corrected chi connectivity index (χ3v) is 6.91. The molecular weight excluding hydrogens is 410 g/mol. The molecule has 1 amide bonds. The van der Waals surface area contributed by atoms with E-state index >= 15 is 0 Å². The van der Waals surface area contributed by atoms with Crippen molar-refractivity contribution >= 4 is 55.5 Å². The predicted octanol–water partition coefficient (Wildman–Crippen LogP) is 5.80. The number of thiophene rings is 1. The minimum atomic E-state index is -0.0152. The summed E-state index contributed by atoms with van der Waals surface area (Å²) in [7, 11) is 0. The second kappa shape index (κ2) is 7.99. The summed E-state index contributed by atoms with van der Waals surface area (Å²) in [6.45, 7) is 4.50. The smallest absolute Gasteiger partial charge is 0.234 e. The number of rotatable bonds is 5. The fourth-order valence-corrected chi connectivity index (χ4v) is 5.18. The van der Waals surface area contributed by atoms with E-state index in [9.17, 15) is 4.79 Å². The molecule has 0 saturated heterocycles. The highest BCUT2D eigenvalue weighted by Gasteiger charge is 2.22. The van der Waals surface area contributed by atoms with E-state index in [2.05, 4.69) is 24.0 Å². The van der Waals surface area contributed by atoms with Crippen molar-refractivity contribution in [3.8, 4) is 0 Å². The Balaban J connectivity index is 1.73. The summed E-state index contributed by atoms with van der Waals surface area (Å²) < 4.78 is 1.80. The van der Waals surface area contributed by atoms with Crippen LogP contribution in [0.3, 0.4) is 0 Å². The molecule has 0 atom stereocenters. The van der Waals surface area contributed by atoms with Gasteiger partial charge in [-0.15, -0.1) is 11.3 Å².